The van der Waals surface area contributed by atoms with E-state index in [-0.39, 0.29) is 0 Å². The molecule has 0 spiro atoms. The van der Waals surface area contributed by atoms with Gasteiger partial charge in [-0.1, -0.05) is 104 Å². The highest BCUT2D eigenvalue weighted by atomic mass is 32.2. The summed E-state index contributed by atoms with van der Waals surface area (Å²) in [5.74, 6) is 2.22. The van der Waals surface area contributed by atoms with Crippen molar-refractivity contribution in [3.63, 3.8) is 0 Å². The zero-order chi connectivity index (χ0) is 19.7. The number of unbranched alkanes of at least 4 members (excludes halogenated alkanes) is 14. The van der Waals surface area contributed by atoms with Gasteiger partial charge in [0.15, 0.2) is 0 Å². The molecule has 0 aromatic rings. The van der Waals surface area contributed by atoms with Gasteiger partial charge in [0.2, 0.25) is 0 Å². The molecule has 0 aromatic heterocycles. The molecule has 0 aliphatic heterocycles. The van der Waals surface area contributed by atoms with Crippen LogP contribution in [0.2, 0.25) is 0 Å². The van der Waals surface area contributed by atoms with Gasteiger partial charge < -0.3 is 9.47 Å². The first-order valence-corrected chi connectivity index (χ1v) is 13.3. The molecule has 0 aliphatic carbocycles. The molecular formula is C24H50O2S. The standard InChI is InChI=1S/C24H50O2S/c1-3-5-7-9-11-13-15-17-19-25-21-23-27-24-22-26-20-18-16-14-12-10-8-6-4-2/h3-24H2,1-2H3. The summed E-state index contributed by atoms with van der Waals surface area (Å²) in [6, 6.07) is 0. The third-order valence-electron chi connectivity index (χ3n) is 5.03. The third-order valence-corrected chi connectivity index (χ3v) is 5.94. The van der Waals surface area contributed by atoms with E-state index < -0.39 is 0 Å². The molecule has 0 rings (SSSR count). The minimum absolute atomic E-state index is 0.902. The minimum Gasteiger partial charge on any atom is -0.381 e. The van der Waals surface area contributed by atoms with Crippen molar-refractivity contribution in [2.24, 2.45) is 0 Å². The Morgan fingerprint density at radius 2 is 0.741 bits per heavy atom. The van der Waals surface area contributed by atoms with E-state index in [1.54, 1.807) is 0 Å². The smallest absolute Gasteiger partial charge is 0.0556 e. The van der Waals surface area contributed by atoms with E-state index in [9.17, 15) is 0 Å². The van der Waals surface area contributed by atoms with Crippen LogP contribution in [0.15, 0.2) is 0 Å². The summed E-state index contributed by atoms with van der Waals surface area (Å²) in [7, 11) is 0. The zero-order valence-corrected chi connectivity index (χ0v) is 19.6. The molecule has 0 saturated heterocycles. The predicted molar refractivity (Wildman–Crippen MR) is 124 cm³/mol. The fourth-order valence-electron chi connectivity index (χ4n) is 3.22. The van der Waals surface area contributed by atoms with Crippen LogP contribution in [0.25, 0.3) is 0 Å². The van der Waals surface area contributed by atoms with Crippen molar-refractivity contribution in [2.45, 2.75) is 117 Å². The van der Waals surface area contributed by atoms with Crippen LogP contribution in [0.5, 0.6) is 0 Å². The summed E-state index contributed by atoms with van der Waals surface area (Å²) in [4.78, 5) is 0. The summed E-state index contributed by atoms with van der Waals surface area (Å²) in [6.07, 6.45) is 21.9. The molecular weight excluding hydrogens is 352 g/mol. The molecule has 0 aliphatic rings. The van der Waals surface area contributed by atoms with Crippen molar-refractivity contribution < 1.29 is 9.47 Å². The molecule has 0 bridgehead atoms. The van der Waals surface area contributed by atoms with Gasteiger partial charge in [-0.05, 0) is 12.8 Å². The first kappa shape index (κ1) is 27.3. The summed E-state index contributed by atoms with van der Waals surface area (Å²) in [6.45, 7) is 8.26. The molecule has 0 unspecified atom stereocenters. The molecule has 3 heteroatoms. The number of ether oxygens (including phenoxy) is 2. The van der Waals surface area contributed by atoms with Gasteiger partial charge in [-0.15, -0.1) is 0 Å². The Bertz CT molecular complexity index is 225. The van der Waals surface area contributed by atoms with E-state index in [1.165, 1.54) is 103 Å². The molecule has 0 saturated carbocycles. The van der Waals surface area contributed by atoms with Crippen LogP contribution < -0.4 is 0 Å². The van der Waals surface area contributed by atoms with Gasteiger partial charge in [0.1, 0.15) is 0 Å². The van der Waals surface area contributed by atoms with Gasteiger partial charge >= 0.3 is 0 Å². The average molecular weight is 403 g/mol. The van der Waals surface area contributed by atoms with Crippen LogP contribution >= 0.6 is 11.8 Å². The lowest BCUT2D eigenvalue weighted by Gasteiger charge is -2.06. The van der Waals surface area contributed by atoms with Gasteiger partial charge in [0.05, 0.1) is 13.2 Å². The molecule has 0 N–H and O–H groups in total. The van der Waals surface area contributed by atoms with Gasteiger partial charge in [0, 0.05) is 24.7 Å². The van der Waals surface area contributed by atoms with E-state index in [0.29, 0.717) is 0 Å². The molecule has 0 amide bonds. The second kappa shape index (κ2) is 26.3. The fraction of sp³-hybridized carbons (Fsp3) is 1.00. The van der Waals surface area contributed by atoms with E-state index in [1.807, 2.05) is 11.8 Å². The van der Waals surface area contributed by atoms with Gasteiger partial charge in [0.25, 0.3) is 0 Å². The summed E-state index contributed by atoms with van der Waals surface area (Å²) in [5, 5.41) is 0. The Hall–Kier alpha value is 0.270. The monoisotopic (exact) mass is 402 g/mol. The summed E-state index contributed by atoms with van der Waals surface area (Å²) in [5.41, 5.74) is 0. The quantitative estimate of drug-likeness (QED) is 0.152. The van der Waals surface area contributed by atoms with Crippen LogP contribution in [-0.2, 0) is 9.47 Å². The second-order valence-corrected chi connectivity index (χ2v) is 9.01. The van der Waals surface area contributed by atoms with Crippen LogP contribution in [-0.4, -0.2) is 37.9 Å². The lowest BCUT2D eigenvalue weighted by atomic mass is 10.1. The topological polar surface area (TPSA) is 18.5 Å². The van der Waals surface area contributed by atoms with E-state index >= 15 is 0 Å². The van der Waals surface area contributed by atoms with Crippen molar-refractivity contribution in [2.75, 3.05) is 37.9 Å². The maximum absolute atomic E-state index is 5.72. The minimum atomic E-state index is 0.902. The molecule has 0 radical (unpaired) electrons. The van der Waals surface area contributed by atoms with Crippen LogP contribution in [0.4, 0.5) is 0 Å². The van der Waals surface area contributed by atoms with Gasteiger partial charge in [-0.25, -0.2) is 0 Å². The first-order valence-electron chi connectivity index (χ1n) is 12.1. The lowest BCUT2D eigenvalue weighted by molar-refractivity contribution is 0.142. The molecule has 2 nitrogen and oxygen atoms in total. The second-order valence-electron chi connectivity index (χ2n) is 7.79. The Balaban J connectivity index is 2.95. The fourth-order valence-corrected chi connectivity index (χ4v) is 3.89. The number of hydrogen-bond acceptors (Lipinski definition) is 3. The Labute approximate surface area is 175 Å². The van der Waals surface area contributed by atoms with E-state index in [4.69, 9.17) is 9.47 Å². The predicted octanol–water partition coefficient (Wildman–Crippen LogP) is 8.03. The SMILES string of the molecule is CCCCCCCCCCOCCSCCOCCCCCCCCCC. The van der Waals surface area contributed by atoms with Crippen molar-refractivity contribution in [1.29, 1.82) is 0 Å². The van der Waals surface area contributed by atoms with Gasteiger partial charge in [-0.3, -0.25) is 0 Å². The summed E-state index contributed by atoms with van der Waals surface area (Å²) < 4.78 is 11.4. The Morgan fingerprint density at radius 1 is 0.407 bits per heavy atom. The average Bonchev–Trinajstić information content (AvgIpc) is 2.68. The summed E-state index contributed by atoms with van der Waals surface area (Å²) >= 11 is 1.96. The third kappa shape index (κ3) is 26.3. The molecule has 27 heavy (non-hydrogen) atoms. The van der Waals surface area contributed by atoms with Crippen molar-refractivity contribution in [1.82, 2.24) is 0 Å². The maximum atomic E-state index is 5.72. The number of hydrogen-bond donors (Lipinski definition) is 0. The molecule has 164 valence electrons. The molecule has 0 aromatic carbocycles. The highest BCUT2D eigenvalue weighted by Crippen LogP contribution is 2.09. The van der Waals surface area contributed by atoms with Crippen molar-refractivity contribution in [3.05, 3.63) is 0 Å². The van der Waals surface area contributed by atoms with Crippen LogP contribution in [0.1, 0.15) is 117 Å². The number of rotatable bonds is 24. The number of thioether (sulfide) groups is 1. The maximum Gasteiger partial charge on any atom is 0.0556 e. The van der Waals surface area contributed by atoms with Crippen molar-refractivity contribution in [3.8, 4) is 0 Å². The molecule has 0 atom stereocenters. The van der Waals surface area contributed by atoms with E-state index in [2.05, 4.69) is 13.8 Å². The Kier molecular flexibility index (Phi) is 26.5. The molecule has 0 heterocycles. The lowest BCUT2D eigenvalue weighted by Crippen LogP contribution is -2.03. The first-order chi connectivity index (χ1) is 13.4. The zero-order valence-electron chi connectivity index (χ0n) is 18.8. The van der Waals surface area contributed by atoms with E-state index in [0.717, 1.165) is 37.9 Å². The van der Waals surface area contributed by atoms with Crippen LogP contribution in [0, 0.1) is 0 Å². The van der Waals surface area contributed by atoms with Crippen molar-refractivity contribution >= 4 is 11.8 Å². The van der Waals surface area contributed by atoms with Gasteiger partial charge in [-0.2, -0.15) is 11.8 Å². The highest BCUT2D eigenvalue weighted by Gasteiger charge is 1.95. The van der Waals surface area contributed by atoms with Crippen LogP contribution in [0.3, 0.4) is 0 Å². The molecule has 0 fully saturated rings. The highest BCUT2D eigenvalue weighted by molar-refractivity contribution is 7.99. The largest absolute Gasteiger partial charge is 0.381 e. The normalized spacial score (nSPS) is 11.3. The Morgan fingerprint density at radius 3 is 1.11 bits per heavy atom.